The lowest BCUT2D eigenvalue weighted by atomic mass is 9.89. The zero-order chi connectivity index (χ0) is 15.9. The van der Waals surface area contributed by atoms with Crippen LogP contribution < -0.4 is 0 Å². The summed E-state index contributed by atoms with van der Waals surface area (Å²) in [5.74, 6) is 1.08. The molecule has 0 aliphatic heterocycles. The number of hydrogen-bond acceptors (Lipinski definition) is 2. The second-order valence-corrected chi connectivity index (χ2v) is 7.49. The summed E-state index contributed by atoms with van der Waals surface area (Å²) in [6, 6.07) is 1.54. The number of rotatable bonds is 4. The summed E-state index contributed by atoms with van der Waals surface area (Å²) < 4.78 is 0. The standard InChI is InChI=1S/C18H36N4/c1-20(2)18(21(3)4)19-15-22(16-11-7-5-8-12-16)17-13-9-6-10-14-17/h16-17H,5-15H2,1-4H3. The maximum Gasteiger partial charge on any atom is 0.196 e. The molecule has 2 aliphatic carbocycles. The third-order valence-corrected chi connectivity index (χ3v) is 5.26. The van der Waals surface area contributed by atoms with E-state index in [0.29, 0.717) is 0 Å². The topological polar surface area (TPSA) is 22.1 Å². The molecule has 2 aliphatic rings. The summed E-state index contributed by atoms with van der Waals surface area (Å²) in [4.78, 5) is 12.0. The molecule has 0 aromatic carbocycles. The number of hydrogen-bond donors (Lipinski definition) is 0. The molecule has 2 fully saturated rings. The molecule has 22 heavy (non-hydrogen) atoms. The first-order chi connectivity index (χ1) is 10.6. The average Bonchev–Trinajstić information content (AvgIpc) is 2.52. The molecular formula is C18H36N4. The summed E-state index contributed by atoms with van der Waals surface area (Å²) in [5, 5.41) is 0. The monoisotopic (exact) mass is 308 g/mol. The lowest BCUT2D eigenvalue weighted by molar-refractivity contribution is 0.0837. The number of nitrogens with zero attached hydrogens (tertiary/aromatic N) is 4. The third-order valence-electron chi connectivity index (χ3n) is 5.26. The van der Waals surface area contributed by atoms with E-state index >= 15 is 0 Å². The third kappa shape index (κ3) is 4.87. The fourth-order valence-corrected chi connectivity index (χ4v) is 4.18. The number of guanidine groups is 1. The average molecular weight is 309 g/mol. The van der Waals surface area contributed by atoms with Crippen molar-refractivity contribution in [3.8, 4) is 0 Å². The Bertz CT molecular complexity index is 311. The summed E-state index contributed by atoms with van der Waals surface area (Å²) in [5.41, 5.74) is 0. The molecule has 0 spiro atoms. The molecule has 2 saturated carbocycles. The van der Waals surface area contributed by atoms with E-state index in [-0.39, 0.29) is 0 Å². The van der Waals surface area contributed by atoms with E-state index in [1.165, 1.54) is 64.2 Å². The zero-order valence-electron chi connectivity index (χ0n) is 15.2. The van der Waals surface area contributed by atoms with E-state index in [1.807, 2.05) is 0 Å². The van der Waals surface area contributed by atoms with Crippen molar-refractivity contribution in [2.75, 3.05) is 34.9 Å². The van der Waals surface area contributed by atoms with Crippen LogP contribution in [0.4, 0.5) is 0 Å². The van der Waals surface area contributed by atoms with Crippen LogP contribution in [0, 0.1) is 0 Å². The van der Waals surface area contributed by atoms with Gasteiger partial charge in [0, 0.05) is 40.3 Å². The van der Waals surface area contributed by atoms with Gasteiger partial charge in [-0.05, 0) is 25.7 Å². The molecule has 0 N–H and O–H groups in total. The fraction of sp³-hybridized carbons (Fsp3) is 0.944. The maximum absolute atomic E-state index is 4.97. The molecule has 0 radical (unpaired) electrons. The van der Waals surface area contributed by atoms with Crippen LogP contribution >= 0.6 is 0 Å². The molecule has 0 heterocycles. The summed E-state index contributed by atoms with van der Waals surface area (Å²) in [6.07, 6.45) is 14.0. The van der Waals surface area contributed by atoms with E-state index in [0.717, 1.165) is 24.7 Å². The van der Waals surface area contributed by atoms with Crippen LogP contribution in [0.5, 0.6) is 0 Å². The maximum atomic E-state index is 4.97. The molecule has 0 aromatic heterocycles. The highest BCUT2D eigenvalue weighted by Gasteiger charge is 2.28. The Morgan fingerprint density at radius 2 is 1.14 bits per heavy atom. The lowest BCUT2D eigenvalue weighted by Crippen LogP contribution is -2.46. The summed E-state index contributed by atoms with van der Waals surface area (Å²) >= 11 is 0. The first kappa shape index (κ1) is 17.6. The molecule has 2 rings (SSSR count). The minimum absolute atomic E-state index is 0.770. The predicted octanol–water partition coefficient (Wildman–Crippen LogP) is 3.39. The van der Waals surface area contributed by atoms with Gasteiger partial charge in [0.2, 0.25) is 0 Å². The molecule has 0 aromatic rings. The quantitative estimate of drug-likeness (QED) is 0.587. The van der Waals surface area contributed by atoms with Gasteiger partial charge in [0.05, 0.1) is 6.67 Å². The zero-order valence-corrected chi connectivity index (χ0v) is 15.2. The minimum Gasteiger partial charge on any atom is -0.349 e. The van der Waals surface area contributed by atoms with Crippen molar-refractivity contribution in [3.05, 3.63) is 0 Å². The Morgan fingerprint density at radius 1 is 0.727 bits per heavy atom. The highest BCUT2D eigenvalue weighted by molar-refractivity contribution is 5.79. The molecule has 4 nitrogen and oxygen atoms in total. The lowest BCUT2D eigenvalue weighted by Gasteiger charge is -2.41. The van der Waals surface area contributed by atoms with Gasteiger partial charge in [-0.3, -0.25) is 4.90 Å². The SMILES string of the molecule is CN(C)C(=NCN(C1CCCCC1)C1CCCCC1)N(C)C. The van der Waals surface area contributed by atoms with E-state index < -0.39 is 0 Å². The van der Waals surface area contributed by atoms with Gasteiger partial charge >= 0.3 is 0 Å². The fourth-order valence-electron chi connectivity index (χ4n) is 4.18. The smallest absolute Gasteiger partial charge is 0.196 e. The van der Waals surface area contributed by atoms with Crippen molar-refractivity contribution < 1.29 is 0 Å². The van der Waals surface area contributed by atoms with Crippen LogP contribution in [-0.4, -0.2) is 67.6 Å². The van der Waals surface area contributed by atoms with Gasteiger partial charge in [-0.25, -0.2) is 4.99 Å². The van der Waals surface area contributed by atoms with Gasteiger partial charge < -0.3 is 9.80 Å². The van der Waals surface area contributed by atoms with Gasteiger partial charge in [-0.15, -0.1) is 0 Å². The molecule has 0 amide bonds. The van der Waals surface area contributed by atoms with Crippen LogP contribution in [0.3, 0.4) is 0 Å². The van der Waals surface area contributed by atoms with Gasteiger partial charge in [-0.2, -0.15) is 0 Å². The molecule has 0 unspecified atom stereocenters. The van der Waals surface area contributed by atoms with Gasteiger partial charge in [0.25, 0.3) is 0 Å². The summed E-state index contributed by atoms with van der Waals surface area (Å²) in [7, 11) is 8.35. The van der Waals surface area contributed by atoms with Crippen LogP contribution in [-0.2, 0) is 0 Å². The van der Waals surface area contributed by atoms with Crippen molar-refractivity contribution >= 4 is 5.96 Å². The van der Waals surface area contributed by atoms with Gasteiger partial charge in [0.1, 0.15) is 0 Å². The largest absolute Gasteiger partial charge is 0.349 e. The first-order valence-corrected chi connectivity index (χ1v) is 9.24. The van der Waals surface area contributed by atoms with Gasteiger partial charge in [0.15, 0.2) is 5.96 Å². The van der Waals surface area contributed by atoms with Crippen LogP contribution in [0.2, 0.25) is 0 Å². The van der Waals surface area contributed by atoms with Crippen LogP contribution in [0.1, 0.15) is 64.2 Å². The summed E-state index contributed by atoms with van der Waals surface area (Å²) in [6.45, 7) is 0.876. The second kappa shape index (κ2) is 8.76. The first-order valence-electron chi connectivity index (χ1n) is 9.24. The Labute approximate surface area is 137 Å². The van der Waals surface area contributed by atoms with Crippen LogP contribution in [0.25, 0.3) is 0 Å². The Balaban J connectivity index is 2.07. The van der Waals surface area contributed by atoms with Crippen molar-refractivity contribution in [1.82, 2.24) is 14.7 Å². The van der Waals surface area contributed by atoms with E-state index in [4.69, 9.17) is 4.99 Å². The molecule has 128 valence electrons. The second-order valence-electron chi connectivity index (χ2n) is 7.49. The highest BCUT2D eigenvalue weighted by atomic mass is 15.4. The highest BCUT2D eigenvalue weighted by Crippen LogP contribution is 2.30. The molecule has 4 heteroatoms. The Morgan fingerprint density at radius 3 is 1.50 bits per heavy atom. The van der Waals surface area contributed by atoms with Crippen LogP contribution in [0.15, 0.2) is 4.99 Å². The minimum atomic E-state index is 0.770. The molecule has 0 saturated heterocycles. The Kier molecular flexibility index (Phi) is 7.00. The molecular weight excluding hydrogens is 272 g/mol. The normalized spacial score (nSPS) is 21.0. The number of aliphatic imine (C=N–C) groups is 1. The van der Waals surface area contributed by atoms with Crippen molar-refractivity contribution in [2.45, 2.75) is 76.3 Å². The Hall–Kier alpha value is -0.770. The van der Waals surface area contributed by atoms with E-state index in [1.54, 1.807) is 0 Å². The van der Waals surface area contributed by atoms with E-state index in [9.17, 15) is 0 Å². The molecule has 0 atom stereocenters. The molecule has 0 bridgehead atoms. The van der Waals surface area contributed by atoms with Crippen molar-refractivity contribution in [3.63, 3.8) is 0 Å². The predicted molar refractivity (Wildman–Crippen MR) is 95.3 cm³/mol. The van der Waals surface area contributed by atoms with Crippen molar-refractivity contribution in [1.29, 1.82) is 0 Å². The van der Waals surface area contributed by atoms with Crippen molar-refractivity contribution in [2.24, 2.45) is 4.99 Å². The van der Waals surface area contributed by atoms with Gasteiger partial charge in [-0.1, -0.05) is 38.5 Å². The van der Waals surface area contributed by atoms with E-state index in [2.05, 4.69) is 42.9 Å².